The second-order valence-corrected chi connectivity index (χ2v) is 10.2. The van der Waals surface area contributed by atoms with Crippen molar-refractivity contribution in [3.8, 4) is 17.2 Å². The molecule has 3 N–H and O–H groups in total. The van der Waals surface area contributed by atoms with Crippen molar-refractivity contribution in [2.45, 2.75) is 19.0 Å². The van der Waals surface area contributed by atoms with Gasteiger partial charge >= 0.3 is 6.03 Å². The molecule has 3 aromatic carbocycles. The summed E-state index contributed by atoms with van der Waals surface area (Å²) in [5.74, 6) is 1.98. The zero-order chi connectivity index (χ0) is 28.2. The second kappa shape index (κ2) is 11.8. The maximum Gasteiger partial charge on any atom is 0.320 e. The van der Waals surface area contributed by atoms with E-state index in [0.717, 1.165) is 53.2 Å². The van der Waals surface area contributed by atoms with Crippen LogP contribution in [0.25, 0.3) is 10.9 Å². The second-order valence-electron chi connectivity index (χ2n) is 10.2. The number of aromatic amines is 1. The Kier molecular flexibility index (Phi) is 7.64. The Bertz CT molecular complexity index is 1540. The number of methoxy groups -OCH3 is 1. The first kappa shape index (κ1) is 26.5. The molecule has 4 aromatic rings. The number of piperazine rings is 1. The van der Waals surface area contributed by atoms with Gasteiger partial charge in [-0.3, -0.25) is 9.69 Å². The normalized spacial score (nSPS) is 15.5. The SMILES string of the molecule is COc1ccccc1NC(=O)NC(Cc1c[nH]c2ccccc12)C(=O)N1CCN(Cc2ccc3c(c2)OCO3)CC1. The molecular weight excluding hydrogens is 522 g/mol. The number of urea groups is 1. The van der Waals surface area contributed by atoms with Gasteiger partial charge in [-0.15, -0.1) is 0 Å². The third-order valence-corrected chi connectivity index (χ3v) is 7.58. The molecule has 10 heteroatoms. The Morgan fingerprint density at radius 1 is 0.976 bits per heavy atom. The fourth-order valence-electron chi connectivity index (χ4n) is 5.43. The molecule has 1 saturated heterocycles. The number of nitrogens with one attached hydrogen (secondary N) is 3. The predicted molar refractivity (Wildman–Crippen MR) is 155 cm³/mol. The van der Waals surface area contributed by atoms with E-state index in [1.165, 1.54) is 0 Å². The number of fused-ring (bicyclic) bond motifs is 2. The lowest BCUT2D eigenvalue weighted by molar-refractivity contribution is -0.135. The standard InChI is InChI=1S/C31H33N5O5/c1-39-27-9-5-4-8-25(27)33-31(38)34-26(17-22-18-32-24-7-3-2-6-23(22)24)30(37)36-14-12-35(13-15-36)19-21-10-11-28-29(16-21)41-20-40-28/h2-11,16,18,26,32H,12-15,17,19-20H2,1H3,(H2,33,34,38). The molecule has 10 nitrogen and oxygen atoms in total. The molecule has 3 heterocycles. The van der Waals surface area contributed by atoms with Gasteiger partial charge in [-0.2, -0.15) is 0 Å². The van der Waals surface area contributed by atoms with Crippen molar-refractivity contribution >= 4 is 28.5 Å². The van der Waals surface area contributed by atoms with Gasteiger partial charge in [0, 0.05) is 56.2 Å². The smallest absolute Gasteiger partial charge is 0.320 e. The van der Waals surface area contributed by atoms with Gasteiger partial charge in [-0.25, -0.2) is 4.79 Å². The molecule has 1 fully saturated rings. The fraction of sp³-hybridized carbons (Fsp3) is 0.290. The van der Waals surface area contributed by atoms with Crippen LogP contribution in [0.5, 0.6) is 17.2 Å². The highest BCUT2D eigenvalue weighted by Gasteiger charge is 2.30. The molecule has 1 aromatic heterocycles. The highest BCUT2D eigenvalue weighted by atomic mass is 16.7. The van der Waals surface area contributed by atoms with Crippen LogP contribution in [-0.4, -0.2) is 72.8 Å². The molecule has 3 amide bonds. The number of hydrogen-bond donors (Lipinski definition) is 3. The van der Waals surface area contributed by atoms with Crippen molar-refractivity contribution in [2.75, 3.05) is 45.4 Å². The lowest BCUT2D eigenvalue weighted by Gasteiger charge is -2.36. The van der Waals surface area contributed by atoms with Crippen molar-refractivity contribution in [2.24, 2.45) is 0 Å². The van der Waals surface area contributed by atoms with E-state index in [1.54, 1.807) is 19.2 Å². The lowest BCUT2D eigenvalue weighted by atomic mass is 10.0. The van der Waals surface area contributed by atoms with Crippen LogP contribution in [-0.2, 0) is 17.8 Å². The quantitative estimate of drug-likeness (QED) is 0.304. The minimum atomic E-state index is -0.746. The highest BCUT2D eigenvalue weighted by molar-refractivity contribution is 5.95. The van der Waals surface area contributed by atoms with Gasteiger partial charge in [0.25, 0.3) is 0 Å². The number of hydrogen-bond acceptors (Lipinski definition) is 6. The Morgan fingerprint density at radius 3 is 2.61 bits per heavy atom. The summed E-state index contributed by atoms with van der Waals surface area (Å²) in [6.45, 7) is 3.62. The summed E-state index contributed by atoms with van der Waals surface area (Å²) in [7, 11) is 1.55. The molecule has 1 atom stereocenters. The van der Waals surface area contributed by atoms with Crippen LogP contribution in [0.1, 0.15) is 11.1 Å². The molecule has 0 saturated carbocycles. The Hall–Kier alpha value is -4.70. The number of aromatic nitrogens is 1. The van der Waals surface area contributed by atoms with Crippen molar-refractivity contribution in [3.63, 3.8) is 0 Å². The summed E-state index contributed by atoms with van der Waals surface area (Å²) in [5.41, 5.74) is 3.63. The monoisotopic (exact) mass is 555 g/mol. The molecule has 1 unspecified atom stereocenters. The maximum atomic E-state index is 13.9. The van der Waals surface area contributed by atoms with Gasteiger partial charge in [0.2, 0.25) is 12.7 Å². The number of para-hydroxylation sites is 3. The molecule has 0 spiro atoms. The molecule has 212 valence electrons. The van der Waals surface area contributed by atoms with E-state index in [4.69, 9.17) is 14.2 Å². The van der Waals surface area contributed by atoms with Crippen molar-refractivity contribution < 1.29 is 23.8 Å². The Morgan fingerprint density at radius 2 is 1.76 bits per heavy atom. The third kappa shape index (κ3) is 5.92. The molecule has 2 aliphatic rings. The minimum absolute atomic E-state index is 0.104. The third-order valence-electron chi connectivity index (χ3n) is 7.58. The highest BCUT2D eigenvalue weighted by Crippen LogP contribution is 2.33. The van der Waals surface area contributed by atoms with Crippen LogP contribution in [0.15, 0.2) is 72.9 Å². The number of nitrogens with zero attached hydrogens (tertiary/aromatic N) is 2. The average molecular weight is 556 g/mol. The van der Waals surface area contributed by atoms with Crippen LogP contribution in [0.3, 0.4) is 0 Å². The maximum absolute atomic E-state index is 13.9. The van der Waals surface area contributed by atoms with Gasteiger partial charge in [0.1, 0.15) is 11.8 Å². The number of anilines is 1. The van der Waals surface area contributed by atoms with Gasteiger partial charge in [0.05, 0.1) is 12.8 Å². The number of carbonyl (C=O) groups is 2. The topological polar surface area (TPSA) is 108 Å². The largest absolute Gasteiger partial charge is 0.495 e. The minimum Gasteiger partial charge on any atom is -0.495 e. The van der Waals surface area contributed by atoms with E-state index in [-0.39, 0.29) is 12.7 Å². The average Bonchev–Trinajstić information content (AvgIpc) is 3.64. The number of ether oxygens (including phenoxy) is 3. The number of benzene rings is 3. The first-order valence-electron chi connectivity index (χ1n) is 13.7. The van der Waals surface area contributed by atoms with E-state index in [1.807, 2.05) is 65.7 Å². The van der Waals surface area contributed by atoms with Crippen LogP contribution >= 0.6 is 0 Å². The fourth-order valence-corrected chi connectivity index (χ4v) is 5.43. The lowest BCUT2D eigenvalue weighted by Crippen LogP contribution is -2.55. The molecule has 41 heavy (non-hydrogen) atoms. The van der Waals surface area contributed by atoms with Gasteiger partial charge in [-0.05, 0) is 41.5 Å². The van der Waals surface area contributed by atoms with Gasteiger partial charge in [-0.1, -0.05) is 36.4 Å². The number of rotatable bonds is 8. The number of amides is 3. The zero-order valence-electron chi connectivity index (χ0n) is 22.9. The summed E-state index contributed by atoms with van der Waals surface area (Å²) in [6, 6.07) is 19.9. The molecule has 0 aliphatic carbocycles. The summed E-state index contributed by atoms with van der Waals surface area (Å²) in [4.78, 5) is 34.4. The zero-order valence-corrected chi connectivity index (χ0v) is 22.9. The Labute approximate surface area is 238 Å². The summed E-state index contributed by atoms with van der Waals surface area (Å²) in [5, 5.41) is 6.81. The van der Waals surface area contributed by atoms with E-state index >= 15 is 0 Å². The van der Waals surface area contributed by atoms with E-state index in [2.05, 4.69) is 20.5 Å². The summed E-state index contributed by atoms with van der Waals surface area (Å²) >= 11 is 0. The van der Waals surface area contributed by atoms with Crippen LogP contribution in [0.2, 0.25) is 0 Å². The first-order valence-corrected chi connectivity index (χ1v) is 13.7. The summed E-state index contributed by atoms with van der Waals surface area (Å²) < 4.78 is 16.3. The van der Waals surface area contributed by atoms with E-state index in [0.29, 0.717) is 30.9 Å². The first-order chi connectivity index (χ1) is 20.1. The van der Waals surface area contributed by atoms with E-state index < -0.39 is 12.1 Å². The molecule has 0 radical (unpaired) electrons. The van der Waals surface area contributed by atoms with Crippen molar-refractivity contribution in [1.29, 1.82) is 0 Å². The van der Waals surface area contributed by atoms with Gasteiger partial charge < -0.3 is 34.7 Å². The number of carbonyl (C=O) groups excluding carboxylic acids is 2. The molecule has 0 bridgehead atoms. The number of H-pyrrole nitrogens is 1. The molecule has 6 rings (SSSR count). The predicted octanol–water partition coefficient (Wildman–Crippen LogP) is 3.98. The summed E-state index contributed by atoms with van der Waals surface area (Å²) in [6.07, 6.45) is 2.27. The molecule has 2 aliphatic heterocycles. The van der Waals surface area contributed by atoms with Crippen LogP contribution in [0.4, 0.5) is 10.5 Å². The van der Waals surface area contributed by atoms with Crippen LogP contribution in [0, 0.1) is 0 Å². The van der Waals surface area contributed by atoms with Crippen LogP contribution < -0.4 is 24.8 Å². The Balaban J connectivity index is 1.14. The van der Waals surface area contributed by atoms with Crippen molar-refractivity contribution in [3.05, 3.63) is 84.1 Å². The van der Waals surface area contributed by atoms with Gasteiger partial charge in [0.15, 0.2) is 11.5 Å². The van der Waals surface area contributed by atoms with Crippen molar-refractivity contribution in [1.82, 2.24) is 20.1 Å². The molecular formula is C31H33N5O5. The van der Waals surface area contributed by atoms with E-state index in [9.17, 15) is 9.59 Å².